The fourth-order valence-electron chi connectivity index (χ4n) is 3.67. The van der Waals surface area contributed by atoms with Crippen LogP contribution >= 0.6 is 11.6 Å². The Kier molecular flexibility index (Phi) is 5.37. The summed E-state index contributed by atoms with van der Waals surface area (Å²) in [6.07, 6.45) is 0. The summed E-state index contributed by atoms with van der Waals surface area (Å²) < 4.78 is 28.1. The van der Waals surface area contributed by atoms with Crippen molar-refractivity contribution in [1.29, 1.82) is 0 Å². The number of hydrogen-bond donors (Lipinski definition) is 1. The third-order valence-corrected chi connectivity index (χ3v) is 7.38. The highest BCUT2D eigenvalue weighted by Crippen LogP contribution is 2.43. The number of rotatable bonds is 3. The average molecular weight is 453 g/mol. The van der Waals surface area contributed by atoms with E-state index in [-0.39, 0.29) is 4.91 Å². The Bertz CT molecular complexity index is 1330. The number of carbonyl (C=O) groups is 1. The van der Waals surface area contributed by atoms with E-state index in [1.807, 2.05) is 38.1 Å². The molecule has 0 fully saturated rings. The van der Waals surface area contributed by atoms with Gasteiger partial charge in [-0.15, -0.1) is 0 Å². The Morgan fingerprint density at radius 2 is 1.68 bits per heavy atom. The summed E-state index contributed by atoms with van der Waals surface area (Å²) in [6.45, 7) is 3.77. The van der Waals surface area contributed by atoms with Crippen LogP contribution in [0.5, 0.6) is 0 Å². The number of nitrogens with zero attached hydrogens (tertiary/aromatic N) is 1. The predicted molar refractivity (Wildman–Crippen MR) is 126 cm³/mol. The molecule has 5 nitrogen and oxygen atoms in total. The van der Waals surface area contributed by atoms with Crippen LogP contribution in [0.3, 0.4) is 0 Å². The van der Waals surface area contributed by atoms with Crippen molar-refractivity contribution in [1.82, 2.24) is 0 Å². The zero-order valence-electron chi connectivity index (χ0n) is 17.3. The van der Waals surface area contributed by atoms with Gasteiger partial charge < -0.3 is 5.32 Å². The summed E-state index contributed by atoms with van der Waals surface area (Å²) >= 11 is 6.25. The highest BCUT2D eigenvalue weighted by atomic mass is 35.5. The Labute approximate surface area is 187 Å². The van der Waals surface area contributed by atoms with E-state index in [0.29, 0.717) is 33.1 Å². The van der Waals surface area contributed by atoms with Crippen molar-refractivity contribution in [2.45, 2.75) is 13.8 Å². The van der Waals surface area contributed by atoms with Gasteiger partial charge in [0.2, 0.25) is 0 Å². The number of sulfonamides is 1. The lowest BCUT2D eigenvalue weighted by molar-refractivity contribution is -0.112. The molecule has 31 heavy (non-hydrogen) atoms. The fourth-order valence-corrected chi connectivity index (χ4v) is 5.31. The second kappa shape index (κ2) is 7.87. The van der Waals surface area contributed by atoms with E-state index in [1.54, 1.807) is 42.5 Å². The summed E-state index contributed by atoms with van der Waals surface area (Å²) in [7, 11) is -2.67. The van der Waals surface area contributed by atoms with E-state index in [4.69, 9.17) is 11.6 Å². The van der Waals surface area contributed by atoms with Gasteiger partial charge in [0.05, 0.1) is 5.69 Å². The number of aryl methyl sites for hydroxylation is 2. The first-order valence-corrected chi connectivity index (χ1v) is 11.5. The molecule has 4 rings (SSSR count). The molecule has 0 radical (unpaired) electrons. The minimum absolute atomic E-state index is 0.308. The third kappa shape index (κ3) is 3.73. The van der Waals surface area contributed by atoms with E-state index in [1.165, 1.54) is 7.05 Å². The molecule has 3 aromatic rings. The van der Waals surface area contributed by atoms with Crippen LogP contribution in [0.25, 0.3) is 5.57 Å². The topological polar surface area (TPSA) is 66.5 Å². The molecule has 0 saturated heterocycles. The number of anilines is 2. The molecule has 7 heteroatoms. The zero-order valence-corrected chi connectivity index (χ0v) is 18.9. The smallest absolute Gasteiger partial charge is 0.270 e. The molecule has 0 bridgehead atoms. The molecule has 0 unspecified atom stereocenters. The minimum atomic E-state index is -4.11. The Hall–Kier alpha value is -3.09. The van der Waals surface area contributed by atoms with E-state index in [0.717, 1.165) is 15.4 Å². The van der Waals surface area contributed by atoms with Gasteiger partial charge in [0, 0.05) is 28.9 Å². The van der Waals surface area contributed by atoms with Crippen molar-refractivity contribution in [2.24, 2.45) is 0 Å². The van der Waals surface area contributed by atoms with Crippen LogP contribution in [0, 0.1) is 13.8 Å². The van der Waals surface area contributed by atoms with Gasteiger partial charge in [0.25, 0.3) is 15.9 Å². The van der Waals surface area contributed by atoms with Gasteiger partial charge in [-0.1, -0.05) is 54.1 Å². The highest BCUT2D eigenvalue weighted by Gasteiger charge is 2.39. The molecule has 0 aromatic heterocycles. The maximum absolute atomic E-state index is 13.5. The summed E-state index contributed by atoms with van der Waals surface area (Å²) in [5, 5.41) is 3.26. The Morgan fingerprint density at radius 1 is 0.968 bits per heavy atom. The van der Waals surface area contributed by atoms with Crippen molar-refractivity contribution >= 4 is 44.5 Å². The van der Waals surface area contributed by atoms with Gasteiger partial charge in [-0.05, 0) is 54.8 Å². The van der Waals surface area contributed by atoms with Crippen molar-refractivity contribution < 1.29 is 13.2 Å². The monoisotopic (exact) mass is 452 g/mol. The van der Waals surface area contributed by atoms with Crippen molar-refractivity contribution in [3.63, 3.8) is 0 Å². The van der Waals surface area contributed by atoms with Gasteiger partial charge in [-0.25, -0.2) is 8.42 Å². The molecule has 1 heterocycles. The number of nitrogens with one attached hydrogen (secondary N) is 1. The quantitative estimate of drug-likeness (QED) is 0.598. The molecule has 1 aliphatic heterocycles. The number of halogens is 1. The number of benzene rings is 3. The second-order valence-corrected chi connectivity index (χ2v) is 9.82. The first-order valence-electron chi connectivity index (χ1n) is 9.67. The summed E-state index contributed by atoms with van der Waals surface area (Å²) in [6, 6.07) is 19.6. The third-order valence-electron chi connectivity index (χ3n) is 5.32. The summed E-state index contributed by atoms with van der Waals surface area (Å²) in [5.41, 5.74) is 4.37. The van der Waals surface area contributed by atoms with E-state index >= 15 is 0 Å². The lowest BCUT2D eigenvalue weighted by Gasteiger charge is -2.31. The van der Waals surface area contributed by atoms with Crippen LogP contribution in [-0.2, 0) is 14.8 Å². The summed E-state index contributed by atoms with van der Waals surface area (Å²) in [5.74, 6) is -0.690. The SMILES string of the molecule is Cc1ccc(C)c(NC(=O)C2=C(c3ccccc3)c3cc(Cl)ccc3N(C)S2(=O)=O)c1. The van der Waals surface area contributed by atoms with Crippen LogP contribution in [0.2, 0.25) is 5.02 Å². The minimum Gasteiger partial charge on any atom is -0.321 e. The predicted octanol–water partition coefficient (Wildman–Crippen LogP) is 5.13. The van der Waals surface area contributed by atoms with Gasteiger partial charge in [-0.3, -0.25) is 9.10 Å². The van der Waals surface area contributed by atoms with Crippen LogP contribution in [0.1, 0.15) is 22.3 Å². The molecule has 158 valence electrons. The first-order chi connectivity index (χ1) is 14.7. The zero-order chi connectivity index (χ0) is 22.3. The van der Waals surface area contributed by atoms with E-state index in [9.17, 15) is 13.2 Å². The average Bonchev–Trinajstić information content (AvgIpc) is 2.73. The molecule has 0 atom stereocenters. The van der Waals surface area contributed by atoms with Crippen molar-refractivity contribution in [3.05, 3.63) is 98.9 Å². The maximum atomic E-state index is 13.5. The molecule has 0 spiro atoms. The van der Waals surface area contributed by atoms with Gasteiger partial charge in [0.15, 0.2) is 4.91 Å². The molecule has 1 amide bonds. The van der Waals surface area contributed by atoms with Crippen LogP contribution in [-0.4, -0.2) is 21.4 Å². The van der Waals surface area contributed by atoms with Gasteiger partial charge in [0.1, 0.15) is 0 Å². The second-order valence-electron chi connectivity index (χ2n) is 7.48. The largest absolute Gasteiger partial charge is 0.321 e. The molecule has 0 aliphatic carbocycles. The lowest BCUT2D eigenvalue weighted by Crippen LogP contribution is -2.37. The number of carbonyl (C=O) groups excluding carboxylic acids is 1. The number of amides is 1. The van der Waals surface area contributed by atoms with E-state index in [2.05, 4.69) is 5.32 Å². The van der Waals surface area contributed by atoms with Crippen LogP contribution in [0.4, 0.5) is 11.4 Å². The van der Waals surface area contributed by atoms with Crippen LogP contribution in [0.15, 0.2) is 71.6 Å². The van der Waals surface area contributed by atoms with Crippen LogP contribution < -0.4 is 9.62 Å². The van der Waals surface area contributed by atoms with Gasteiger partial charge >= 0.3 is 0 Å². The molecular weight excluding hydrogens is 432 g/mol. The maximum Gasteiger partial charge on any atom is 0.270 e. The Balaban J connectivity index is 2.00. The molecule has 1 N–H and O–H groups in total. The standard InChI is InChI=1S/C24H21ClN2O3S/c1-15-9-10-16(2)20(13-15)26-24(28)23-22(17-7-5-4-6-8-17)19-14-18(25)11-12-21(19)27(3)31(23,29)30/h4-14H,1-3H3,(H,26,28). The number of fused-ring (bicyclic) bond motifs is 1. The van der Waals surface area contributed by atoms with Crippen molar-refractivity contribution in [2.75, 3.05) is 16.7 Å². The summed E-state index contributed by atoms with van der Waals surface area (Å²) in [4.78, 5) is 13.2. The molecule has 0 saturated carbocycles. The Morgan fingerprint density at radius 3 is 2.39 bits per heavy atom. The number of hydrogen-bond acceptors (Lipinski definition) is 3. The fraction of sp³-hybridized carbons (Fsp3) is 0.125. The lowest BCUT2D eigenvalue weighted by atomic mass is 9.95. The van der Waals surface area contributed by atoms with Crippen molar-refractivity contribution in [3.8, 4) is 0 Å². The molecular formula is C24H21ClN2O3S. The van der Waals surface area contributed by atoms with E-state index < -0.39 is 15.9 Å². The van der Waals surface area contributed by atoms with Gasteiger partial charge in [-0.2, -0.15) is 0 Å². The molecule has 3 aromatic carbocycles. The molecule has 1 aliphatic rings. The highest BCUT2D eigenvalue weighted by molar-refractivity contribution is 7.97. The normalized spacial score (nSPS) is 14.9. The first kappa shape index (κ1) is 21.2.